The van der Waals surface area contributed by atoms with Crippen molar-refractivity contribution in [3.8, 4) is 0 Å². The first kappa shape index (κ1) is 20.9. The minimum absolute atomic E-state index is 0.00372. The number of benzene rings is 3. The lowest BCUT2D eigenvalue weighted by Gasteiger charge is -2.18. The van der Waals surface area contributed by atoms with Crippen LogP contribution in [0.15, 0.2) is 79.0 Å². The van der Waals surface area contributed by atoms with Crippen molar-refractivity contribution in [1.82, 2.24) is 4.98 Å². The highest BCUT2D eigenvalue weighted by Gasteiger charge is 2.13. The molecular weight excluding hydrogens is 408 g/mol. The molecule has 0 saturated heterocycles. The number of hydrogen-bond acceptors (Lipinski definition) is 4. The number of rotatable bonds is 6. The molecule has 1 N–H and O–H groups in total. The molecule has 0 bridgehead atoms. The van der Waals surface area contributed by atoms with Crippen LogP contribution in [0.25, 0.3) is 10.8 Å². The summed E-state index contributed by atoms with van der Waals surface area (Å²) >= 11 is 6.18. The molecule has 5 heteroatoms. The summed E-state index contributed by atoms with van der Waals surface area (Å²) in [7, 11) is 1.38. The first-order chi connectivity index (χ1) is 15.0. The Bertz CT molecular complexity index is 1220. The lowest BCUT2D eigenvalue weighted by Crippen LogP contribution is -2.09. The van der Waals surface area contributed by atoms with E-state index in [0.717, 1.165) is 39.2 Å². The summed E-state index contributed by atoms with van der Waals surface area (Å²) < 4.78 is 4.78. The van der Waals surface area contributed by atoms with E-state index >= 15 is 0 Å². The van der Waals surface area contributed by atoms with Crippen LogP contribution >= 0.6 is 11.6 Å². The van der Waals surface area contributed by atoms with Crippen LogP contribution in [0.2, 0.25) is 5.02 Å². The summed E-state index contributed by atoms with van der Waals surface area (Å²) in [6, 6.07) is 23.7. The third-order valence-electron chi connectivity index (χ3n) is 5.35. The van der Waals surface area contributed by atoms with E-state index in [1.807, 2.05) is 42.6 Å². The Morgan fingerprint density at radius 2 is 1.84 bits per heavy atom. The van der Waals surface area contributed by atoms with Crippen LogP contribution in [0, 0.1) is 0 Å². The van der Waals surface area contributed by atoms with E-state index in [2.05, 4.69) is 41.5 Å². The molecule has 3 aromatic carbocycles. The maximum atomic E-state index is 11.7. The zero-order chi connectivity index (χ0) is 21.8. The van der Waals surface area contributed by atoms with Crippen LogP contribution in [-0.2, 0) is 11.2 Å². The number of pyridine rings is 1. The van der Waals surface area contributed by atoms with Crippen molar-refractivity contribution < 1.29 is 9.53 Å². The largest absolute Gasteiger partial charge is 0.465 e. The van der Waals surface area contributed by atoms with E-state index in [4.69, 9.17) is 16.3 Å². The molecule has 0 unspecified atom stereocenters. The van der Waals surface area contributed by atoms with Gasteiger partial charge in [0.2, 0.25) is 0 Å². The number of esters is 1. The fraction of sp³-hybridized carbons (Fsp3) is 0.154. The van der Waals surface area contributed by atoms with Crippen molar-refractivity contribution in [2.45, 2.75) is 19.4 Å². The van der Waals surface area contributed by atoms with Crippen molar-refractivity contribution in [2.24, 2.45) is 0 Å². The Balaban J connectivity index is 1.65. The Morgan fingerprint density at radius 1 is 1.06 bits per heavy atom. The number of nitrogens with one attached hydrogen (secondary N) is 1. The van der Waals surface area contributed by atoms with Gasteiger partial charge in [0.15, 0.2) is 0 Å². The number of methoxy groups -OCH3 is 1. The first-order valence-electron chi connectivity index (χ1n) is 10.1. The zero-order valence-electron chi connectivity index (χ0n) is 17.4. The monoisotopic (exact) mass is 430 g/mol. The van der Waals surface area contributed by atoms with Gasteiger partial charge in [0, 0.05) is 22.6 Å². The summed E-state index contributed by atoms with van der Waals surface area (Å²) in [5, 5.41) is 6.51. The highest BCUT2D eigenvalue weighted by Crippen LogP contribution is 2.30. The van der Waals surface area contributed by atoms with Crippen LogP contribution in [0.1, 0.15) is 40.0 Å². The number of ether oxygens (including phenoxy) is 1. The van der Waals surface area contributed by atoms with E-state index in [-0.39, 0.29) is 12.0 Å². The lowest BCUT2D eigenvalue weighted by molar-refractivity contribution is 0.0600. The Kier molecular flexibility index (Phi) is 6.19. The van der Waals surface area contributed by atoms with E-state index in [1.54, 1.807) is 12.1 Å². The zero-order valence-corrected chi connectivity index (χ0v) is 18.2. The molecule has 1 atom stereocenters. The molecule has 0 saturated carbocycles. The molecule has 0 radical (unpaired) electrons. The van der Waals surface area contributed by atoms with Crippen molar-refractivity contribution in [3.63, 3.8) is 0 Å². The Morgan fingerprint density at radius 3 is 2.58 bits per heavy atom. The van der Waals surface area contributed by atoms with Gasteiger partial charge in [0.1, 0.15) is 5.82 Å². The number of hydrogen-bond donors (Lipinski definition) is 1. The predicted octanol–water partition coefficient (Wildman–Crippen LogP) is 6.44. The van der Waals surface area contributed by atoms with Crippen molar-refractivity contribution in [3.05, 3.63) is 106 Å². The number of aromatic nitrogens is 1. The standard InChI is InChI=1S/C26H23ClN2O2/c1-17(19-9-11-21(12-10-19)26(30)31-2)29-25-24-20(13-14-28-25)6-4-7-22(24)15-18-5-3-8-23(27)16-18/h3-14,16-17H,15H2,1-2H3,(H,28,29)/t17-/m0/s1. The quantitative estimate of drug-likeness (QED) is 0.357. The van der Waals surface area contributed by atoms with Crippen molar-refractivity contribution in [2.75, 3.05) is 12.4 Å². The van der Waals surface area contributed by atoms with Crippen LogP contribution in [0.3, 0.4) is 0 Å². The molecule has 4 rings (SSSR count). The number of carbonyl (C=O) groups is 1. The second-order valence-corrected chi connectivity index (χ2v) is 7.90. The molecule has 0 amide bonds. The summed E-state index contributed by atoms with van der Waals surface area (Å²) in [6.45, 7) is 2.08. The average molecular weight is 431 g/mol. The van der Waals surface area contributed by atoms with Gasteiger partial charge in [-0.05, 0) is 65.8 Å². The summed E-state index contributed by atoms with van der Waals surface area (Å²) in [5.74, 6) is 0.494. The molecule has 4 aromatic rings. The summed E-state index contributed by atoms with van der Waals surface area (Å²) in [4.78, 5) is 16.3. The molecule has 31 heavy (non-hydrogen) atoms. The van der Waals surface area contributed by atoms with Gasteiger partial charge < -0.3 is 10.1 Å². The number of nitrogens with zero attached hydrogens (tertiary/aromatic N) is 1. The van der Waals surface area contributed by atoms with E-state index in [1.165, 1.54) is 12.7 Å². The van der Waals surface area contributed by atoms with Gasteiger partial charge in [0.25, 0.3) is 0 Å². The molecule has 1 heterocycles. The van der Waals surface area contributed by atoms with Gasteiger partial charge in [-0.25, -0.2) is 9.78 Å². The maximum Gasteiger partial charge on any atom is 0.337 e. The molecule has 0 aliphatic heterocycles. The smallest absolute Gasteiger partial charge is 0.337 e. The number of halogens is 1. The topological polar surface area (TPSA) is 51.2 Å². The summed E-state index contributed by atoms with van der Waals surface area (Å²) in [6.07, 6.45) is 2.58. The maximum absolute atomic E-state index is 11.7. The third-order valence-corrected chi connectivity index (χ3v) is 5.58. The normalized spacial score (nSPS) is 11.8. The van der Waals surface area contributed by atoms with Gasteiger partial charge in [-0.2, -0.15) is 0 Å². The second-order valence-electron chi connectivity index (χ2n) is 7.46. The molecule has 0 aliphatic carbocycles. The van der Waals surface area contributed by atoms with Crippen LogP contribution in [0.5, 0.6) is 0 Å². The van der Waals surface area contributed by atoms with Crippen LogP contribution in [0.4, 0.5) is 5.82 Å². The first-order valence-corrected chi connectivity index (χ1v) is 10.5. The number of anilines is 1. The molecule has 1 aromatic heterocycles. The van der Waals surface area contributed by atoms with Gasteiger partial charge in [-0.1, -0.05) is 54.1 Å². The fourth-order valence-electron chi connectivity index (χ4n) is 3.74. The SMILES string of the molecule is COC(=O)c1ccc([C@H](C)Nc2nccc3cccc(Cc4cccc(Cl)c4)c23)cc1. The molecule has 0 spiro atoms. The molecular formula is C26H23ClN2O2. The van der Waals surface area contributed by atoms with Gasteiger partial charge in [-0.3, -0.25) is 0 Å². The highest BCUT2D eigenvalue weighted by molar-refractivity contribution is 6.30. The van der Waals surface area contributed by atoms with Crippen LogP contribution in [-0.4, -0.2) is 18.1 Å². The minimum atomic E-state index is -0.339. The van der Waals surface area contributed by atoms with Crippen LogP contribution < -0.4 is 5.32 Å². The molecule has 0 fully saturated rings. The minimum Gasteiger partial charge on any atom is -0.465 e. The summed E-state index contributed by atoms with van der Waals surface area (Å²) in [5.41, 5.74) is 3.93. The molecule has 0 aliphatic rings. The predicted molar refractivity (Wildman–Crippen MR) is 126 cm³/mol. The lowest BCUT2D eigenvalue weighted by atomic mass is 9.98. The highest BCUT2D eigenvalue weighted by atomic mass is 35.5. The Labute approximate surface area is 186 Å². The van der Waals surface area contributed by atoms with E-state index in [9.17, 15) is 4.79 Å². The Hall–Kier alpha value is -3.37. The third kappa shape index (κ3) is 4.70. The molecule has 4 nitrogen and oxygen atoms in total. The number of carbonyl (C=O) groups excluding carboxylic acids is 1. The average Bonchev–Trinajstić information content (AvgIpc) is 2.79. The number of fused-ring (bicyclic) bond motifs is 1. The van der Waals surface area contributed by atoms with E-state index in [0.29, 0.717) is 5.56 Å². The molecule has 156 valence electrons. The second kappa shape index (κ2) is 9.19. The van der Waals surface area contributed by atoms with Gasteiger partial charge >= 0.3 is 5.97 Å². The van der Waals surface area contributed by atoms with Gasteiger partial charge in [0.05, 0.1) is 12.7 Å². The fourth-order valence-corrected chi connectivity index (χ4v) is 3.95. The van der Waals surface area contributed by atoms with E-state index < -0.39 is 0 Å². The van der Waals surface area contributed by atoms with Crippen molar-refractivity contribution in [1.29, 1.82) is 0 Å². The van der Waals surface area contributed by atoms with Crippen molar-refractivity contribution >= 4 is 34.2 Å². The van der Waals surface area contributed by atoms with Gasteiger partial charge in [-0.15, -0.1) is 0 Å².